The molecule has 0 aromatic rings. The molecular weight excluding hydrogens is 184 g/mol. The molecule has 5 heteroatoms. The van der Waals surface area contributed by atoms with Crippen LogP contribution in [0.1, 0.15) is 13.3 Å². The van der Waals surface area contributed by atoms with E-state index in [2.05, 4.69) is 17.2 Å². The van der Waals surface area contributed by atoms with Gasteiger partial charge in [-0.05, 0) is 6.42 Å². The Labute approximate surface area is 83.8 Å². The van der Waals surface area contributed by atoms with Crippen molar-refractivity contribution in [3.05, 3.63) is 12.7 Å². The van der Waals surface area contributed by atoms with Crippen LogP contribution in [0.15, 0.2) is 12.7 Å². The quantitative estimate of drug-likeness (QED) is 0.443. The fraction of sp³-hybridized carbons (Fsp3) is 0.667. The number of urea groups is 1. The number of hydrogen-bond acceptors (Lipinski definition) is 3. The lowest BCUT2D eigenvalue weighted by atomic mass is 9.99. The van der Waals surface area contributed by atoms with Gasteiger partial charge in [0.25, 0.3) is 0 Å². The number of aliphatic hydroxyl groups excluding tert-OH is 2. The first-order valence-corrected chi connectivity index (χ1v) is 4.52. The molecule has 0 saturated heterocycles. The molecule has 4 N–H and O–H groups in total. The van der Waals surface area contributed by atoms with Crippen molar-refractivity contribution < 1.29 is 15.0 Å². The normalized spacial score (nSPS) is 10.8. The molecule has 0 aliphatic carbocycles. The second kappa shape index (κ2) is 6.39. The lowest BCUT2D eigenvalue weighted by Crippen LogP contribution is -2.56. The van der Waals surface area contributed by atoms with Gasteiger partial charge in [0.1, 0.15) is 0 Å². The predicted molar refractivity (Wildman–Crippen MR) is 53.9 cm³/mol. The van der Waals surface area contributed by atoms with Crippen LogP contribution in [0.25, 0.3) is 0 Å². The molecule has 0 unspecified atom stereocenters. The average molecular weight is 202 g/mol. The summed E-state index contributed by atoms with van der Waals surface area (Å²) in [7, 11) is 0. The Hall–Kier alpha value is -1.07. The minimum Gasteiger partial charge on any atom is -0.394 e. The van der Waals surface area contributed by atoms with E-state index in [-0.39, 0.29) is 13.2 Å². The van der Waals surface area contributed by atoms with Gasteiger partial charge in [0.05, 0.1) is 18.8 Å². The molecule has 0 atom stereocenters. The van der Waals surface area contributed by atoms with Crippen LogP contribution in [0, 0.1) is 0 Å². The molecule has 0 fully saturated rings. The molecule has 5 nitrogen and oxygen atoms in total. The molecule has 0 aromatic heterocycles. The molecule has 14 heavy (non-hydrogen) atoms. The maximum absolute atomic E-state index is 11.2. The van der Waals surface area contributed by atoms with Gasteiger partial charge in [0.15, 0.2) is 0 Å². The van der Waals surface area contributed by atoms with E-state index in [1.165, 1.54) is 0 Å². The van der Waals surface area contributed by atoms with Crippen LogP contribution in [-0.4, -0.2) is 41.5 Å². The largest absolute Gasteiger partial charge is 0.394 e. The number of nitrogens with one attached hydrogen (secondary N) is 2. The molecular formula is C9H18N2O3. The SMILES string of the molecule is C=CCNC(=O)NC(CC)(CO)CO. The number of carbonyl (C=O) groups is 1. The van der Waals surface area contributed by atoms with Crippen molar-refractivity contribution in [3.63, 3.8) is 0 Å². The van der Waals surface area contributed by atoms with E-state index in [0.717, 1.165) is 0 Å². The molecule has 0 rings (SSSR count). The Morgan fingerprint density at radius 2 is 2.07 bits per heavy atom. The molecule has 0 aliphatic heterocycles. The van der Waals surface area contributed by atoms with Crippen molar-refractivity contribution in [3.8, 4) is 0 Å². The summed E-state index contributed by atoms with van der Waals surface area (Å²) in [5.74, 6) is 0. The summed E-state index contributed by atoms with van der Waals surface area (Å²) in [6, 6.07) is -0.421. The molecule has 0 radical (unpaired) electrons. The highest BCUT2D eigenvalue weighted by Crippen LogP contribution is 2.07. The smallest absolute Gasteiger partial charge is 0.315 e. The maximum atomic E-state index is 11.2. The number of hydrogen-bond donors (Lipinski definition) is 4. The first-order chi connectivity index (χ1) is 6.64. The Morgan fingerprint density at radius 1 is 1.50 bits per heavy atom. The van der Waals surface area contributed by atoms with Gasteiger partial charge >= 0.3 is 6.03 Å². The van der Waals surface area contributed by atoms with Crippen LogP contribution in [0.5, 0.6) is 0 Å². The van der Waals surface area contributed by atoms with E-state index in [1.807, 2.05) is 0 Å². The van der Waals surface area contributed by atoms with E-state index in [0.29, 0.717) is 13.0 Å². The van der Waals surface area contributed by atoms with Gasteiger partial charge in [-0.25, -0.2) is 4.79 Å². The summed E-state index contributed by atoms with van der Waals surface area (Å²) in [5, 5.41) is 23.1. The second-order valence-corrected chi connectivity index (χ2v) is 3.07. The Kier molecular flexibility index (Phi) is 5.91. The van der Waals surface area contributed by atoms with Crippen molar-refractivity contribution in [2.24, 2.45) is 0 Å². The highest BCUT2D eigenvalue weighted by Gasteiger charge is 2.28. The van der Waals surface area contributed by atoms with Crippen LogP contribution < -0.4 is 10.6 Å². The minimum absolute atomic E-state index is 0.290. The zero-order valence-electron chi connectivity index (χ0n) is 8.42. The third-order valence-electron chi connectivity index (χ3n) is 2.07. The lowest BCUT2D eigenvalue weighted by molar-refractivity contribution is 0.0936. The van der Waals surface area contributed by atoms with Crippen LogP contribution in [0.3, 0.4) is 0 Å². The van der Waals surface area contributed by atoms with Crippen LogP contribution in [0.2, 0.25) is 0 Å². The Morgan fingerprint density at radius 3 is 2.43 bits per heavy atom. The van der Waals surface area contributed by atoms with Crippen molar-refractivity contribution in [1.82, 2.24) is 10.6 Å². The fourth-order valence-electron chi connectivity index (χ4n) is 0.891. The second-order valence-electron chi connectivity index (χ2n) is 3.07. The standard InChI is InChI=1S/C9H18N2O3/c1-3-5-10-8(14)11-9(4-2,6-12)7-13/h3,12-13H,1,4-7H2,2H3,(H2,10,11,14). The number of aliphatic hydroxyl groups is 2. The molecule has 2 amide bonds. The maximum Gasteiger partial charge on any atom is 0.315 e. The highest BCUT2D eigenvalue weighted by molar-refractivity contribution is 5.74. The molecule has 0 aromatic carbocycles. The van der Waals surface area contributed by atoms with Gasteiger partial charge in [-0.15, -0.1) is 6.58 Å². The molecule has 0 heterocycles. The summed E-state index contributed by atoms with van der Waals surface area (Å²) in [4.78, 5) is 11.2. The van der Waals surface area contributed by atoms with Gasteiger partial charge in [-0.1, -0.05) is 13.0 Å². The molecule has 0 saturated carbocycles. The number of carbonyl (C=O) groups excluding carboxylic acids is 1. The van der Waals surface area contributed by atoms with Crippen molar-refractivity contribution in [2.45, 2.75) is 18.9 Å². The van der Waals surface area contributed by atoms with Crippen LogP contribution >= 0.6 is 0 Å². The van der Waals surface area contributed by atoms with Gasteiger partial charge in [-0.2, -0.15) is 0 Å². The van der Waals surface area contributed by atoms with Crippen LogP contribution in [-0.2, 0) is 0 Å². The van der Waals surface area contributed by atoms with E-state index < -0.39 is 11.6 Å². The topological polar surface area (TPSA) is 81.6 Å². The summed E-state index contributed by atoms with van der Waals surface area (Å²) in [6.45, 7) is 5.00. The van der Waals surface area contributed by atoms with Crippen molar-refractivity contribution in [2.75, 3.05) is 19.8 Å². The summed E-state index contributed by atoms with van der Waals surface area (Å²) in [6.07, 6.45) is 2.01. The lowest BCUT2D eigenvalue weighted by Gasteiger charge is -2.29. The first kappa shape index (κ1) is 12.9. The predicted octanol–water partition coefficient (Wildman–Crippen LogP) is -0.395. The monoisotopic (exact) mass is 202 g/mol. The van der Waals surface area contributed by atoms with Crippen LogP contribution in [0.4, 0.5) is 4.79 Å². The third-order valence-corrected chi connectivity index (χ3v) is 2.07. The Balaban J connectivity index is 4.14. The summed E-state index contributed by atoms with van der Waals surface area (Å²) in [5.41, 5.74) is -0.939. The number of rotatable bonds is 6. The summed E-state index contributed by atoms with van der Waals surface area (Å²) < 4.78 is 0. The minimum atomic E-state index is -0.939. The zero-order valence-corrected chi connectivity index (χ0v) is 8.42. The van der Waals surface area contributed by atoms with Gasteiger partial charge in [0.2, 0.25) is 0 Å². The zero-order chi connectivity index (χ0) is 11.0. The Bertz CT molecular complexity index is 182. The van der Waals surface area contributed by atoms with E-state index in [4.69, 9.17) is 10.2 Å². The van der Waals surface area contributed by atoms with Gasteiger partial charge < -0.3 is 20.8 Å². The van der Waals surface area contributed by atoms with Gasteiger partial charge in [0, 0.05) is 6.54 Å². The molecule has 0 aliphatic rings. The van der Waals surface area contributed by atoms with E-state index in [1.54, 1.807) is 13.0 Å². The average Bonchev–Trinajstić information content (AvgIpc) is 2.23. The van der Waals surface area contributed by atoms with Crippen molar-refractivity contribution >= 4 is 6.03 Å². The highest BCUT2D eigenvalue weighted by atomic mass is 16.3. The van der Waals surface area contributed by atoms with E-state index in [9.17, 15) is 4.79 Å². The molecule has 0 bridgehead atoms. The van der Waals surface area contributed by atoms with Gasteiger partial charge in [-0.3, -0.25) is 0 Å². The van der Waals surface area contributed by atoms with Crippen molar-refractivity contribution in [1.29, 1.82) is 0 Å². The fourth-order valence-corrected chi connectivity index (χ4v) is 0.891. The first-order valence-electron chi connectivity index (χ1n) is 4.52. The molecule has 0 spiro atoms. The number of amides is 2. The molecule has 82 valence electrons. The van der Waals surface area contributed by atoms with E-state index >= 15 is 0 Å². The summed E-state index contributed by atoms with van der Waals surface area (Å²) >= 11 is 0. The third kappa shape index (κ3) is 3.76.